The predicted molar refractivity (Wildman–Crippen MR) is 50.4 cm³/mol. The zero-order valence-electron chi connectivity index (χ0n) is 6.87. The second-order valence-corrected chi connectivity index (χ2v) is 3.65. The number of ketones is 1. The highest BCUT2D eigenvalue weighted by atomic mass is 32.1. The monoisotopic (exact) mass is 194 g/mol. The molecule has 0 saturated carbocycles. The van der Waals surface area contributed by atoms with E-state index in [0.717, 1.165) is 16.0 Å². The Morgan fingerprint density at radius 1 is 1.46 bits per heavy atom. The van der Waals surface area contributed by atoms with Gasteiger partial charge in [-0.1, -0.05) is 11.3 Å². The summed E-state index contributed by atoms with van der Waals surface area (Å²) in [7, 11) is 0. The van der Waals surface area contributed by atoms with Crippen molar-refractivity contribution >= 4 is 27.4 Å². The Labute approximate surface area is 77.6 Å². The molecule has 0 spiro atoms. The fourth-order valence-corrected chi connectivity index (χ4v) is 1.80. The molecule has 0 aliphatic carbocycles. The van der Waals surface area contributed by atoms with Crippen LogP contribution in [0.4, 0.5) is 0 Å². The molecular weight excluding hydrogens is 188 g/mol. The van der Waals surface area contributed by atoms with Gasteiger partial charge in [-0.25, -0.2) is 4.79 Å². The summed E-state index contributed by atoms with van der Waals surface area (Å²) in [6.07, 6.45) is 0. The molecule has 0 radical (unpaired) electrons. The third kappa shape index (κ3) is 1.40. The van der Waals surface area contributed by atoms with E-state index in [4.69, 9.17) is 4.42 Å². The standard InChI is InChI=1S/C9H6O3S/c1-5(10)6-2-3-7-8(4-6)13-9(11)12-7/h2-4H,1H3. The molecular formula is C9H6O3S. The van der Waals surface area contributed by atoms with Crippen molar-refractivity contribution in [2.75, 3.05) is 0 Å². The minimum Gasteiger partial charge on any atom is -0.414 e. The normalized spacial score (nSPS) is 10.5. The van der Waals surface area contributed by atoms with Crippen LogP contribution >= 0.6 is 11.3 Å². The van der Waals surface area contributed by atoms with Crippen LogP contribution in [0.15, 0.2) is 27.4 Å². The van der Waals surface area contributed by atoms with Gasteiger partial charge in [0.15, 0.2) is 5.78 Å². The summed E-state index contributed by atoms with van der Waals surface area (Å²) in [6, 6.07) is 4.97. The number of benzene rings is 1. The number of rotatable bonds is 1. The first kappa shape index (κ1) is 8.19. The smallest absolute Gasteiger partial charge is 0.396 e. The largest absolute Gasteiger partial charge is 0.414 e. The molecule has 0 amide bonds. The van der Waals surface area contributed by atoms with Crippen molar-refractivity contribution in [2.24, 2.45) is 0 Å². The van der Waals surface area contributed by atoms with Crippen LogP contribution in [0.25, 0.3) is 10.3 Å². The van der Waals surface area contributed by atoms with E-state index in [-0.39, 0.29) is 10.7 Å². The van der Waals surface area contributed by atoms with Gasteiger partial charge in [0, 0.05) is 5.56 Å². The average Bonchev–Trinajstić information content (AvgIpc) is 2.42. The molecule has 4 heteroatoms. The summed E-state index contributed by atoms with van der Waals surface area (Å²) in [4.78, 5) is 21.5. The van der Waals surface area contributed by atoms with Crippen molar-refractivity contribution in [3.05, 3.63) is 33.5 Å². The summed E-state index contributed by atoms with van der Waals surface area (Å²) >= 11 is 1.01. The van der Waals surface area contributed by atoms with Crippen LogP contribution in [0.2, 0.25) is 0 Å². The minimum absolute atomic E-state index is 0.0113. The molecule has 3 nitrogen and oxygen atoms in total. The topological polar surface area (TPSA) is 47.3 Å². The van der Waals surface area contributed by atoms with Gasteiger partial charge in [-0.2, -0.15) is 0 Å². The highest BCUT2D eigenvalue weighted by Gasteiger charge is 2.04. The van der Waals surface area contributed by atoms with E-state index in [1.165, 1.54) is 6.92 Å². The van der Waals surface area contributed by atoms with Crippen molar-refractivity contribution in [1.82, 2.24) is 0 Å². The minimum atomic E-state index is -0.337. The SMILES string of the molecule is CC(=O)c1ccc2oc(=O)sc2c1. The molecule has 0 saturated heterocycles. The summed E-state index contributed by atoms with van der Waals surface area (Å²) in [5.41, 5.74) is 1.14. The lowest BCUT2D eigenvalue weighted by Gasteiger charge is -1.92. The Kier molecular flexibility index (Phi) is 1.77. The van der Waals surface area contributed by atoms with Crippen LogP contribution < -0.4 is 4.94 Å². The molecule has 0 atom stereocenters. The Morgan fingerprint density at radius 3 is 2.92 bits per heavy atom. The van der Waals surface area contributed by atoms with E-state index >= 15 is 0 Å². The van der Waals surface area contributed by atoms with Gasteiger partial charge in [0.1, 0.15) is 5.58 Å². The van der Waals surface area contributed by atoms with Gasteiger partial charge in [-0.15, -0.1) is 0 Å². The summed E-state index contributed by atoms with van der Waals surface area (Å²) in [5, 5.41) is 0. The van der Waals surface area contributed by atoms with Gasteiger partial charge in [0.25, 0.3) is 0 Å². The van der Waals surface area contributed by atoms with Gasteiger partial charge in [-0.3, -0.25) is 4.79 Å². The molecule has 0 fully saturated rings. The fraction of sp³-hybridized carbons (Fsp3) is 0.111. The molecule has 1 aromatic carbocycles. The van der Waals surface area contributed by atoms with Crippen molar-refractivity contribution < 1.29 is 9.21 Å². The number of carbonyl (C=O) groups is 1. The van der Waals surface area contributed by atoms with E-state index < -0.39 is 0 Å². The number of hydrogen-bond acceptors (Lipinski definition) is 4. The van der Waals surface area contributed by atoms with Crippen LogP contribution in [0, 0.1) is 0 Å². The van der Waals surface area contributed by atoms with Gasteiger partial charge >= 0.3 is 4.94 Å². The van der Waals surface area contributed by atoms with Gasteiger partial charge in [-0.05, 0) is 25.1 Å². The highest BCUT2D eigenvalue weighted by Crippen LogP contribution is 2.18. The van der Waals surface area contributed by atoms with E-state index in [1.807, 2.05) is 0 Å². The van der Waals surface area contributed by atoms with E-state index in [9.17, 15) is 9.59 Å². The fourth-order valence-electron chi connectivity index (χ4n) is 1.09. The van der Waals surface area contributed by atoms with Crippen molar-refractivity contribution in [3.8, 4) is 0 Å². The summed E-state index contributed by atoms with van der Waals surface area (Å²) < 4.78 is 5.57. The van der Waals surface area contributed by atoms with E-state index in [0.29, 0.717) is 11.1 Å². The zero-order chi connectivity index (χ0) is 9.42. The van der Waals surface area contributed by atoms with Gasteiger partial charge < -0.3 is 4.42 Å². The molecule has 13 heavy (non-hydrogen) atoms. The first-order chi connectivity index (χ1) is 6.16. The first-order valence-electron chi connectivity index (χ1n) is 3.71. The van der Waals surface area contributed by atoms with Crippen molar-refractivity contribution in [3.63, 3.8) is 0 Å². The Hall–Kier alpha value is -1.42. The maximum absolute atomic E-state index is 11.0. The number of hydrogen-bond donors (Lipinski definition) is 0. The quantitative estimate of drug-likeness (QED) is 0.653. The van der Waals surface area contributed by atoms with Crippen molar-refractivity contribution in [2.45, 2.75) is 6.92 Å². The molecule has 0 N–H and O–H groups in total. The Balaban J connectivity index is 2.74. The third-order valence-corrected chi connectivity index (χ3v) is 2.53. The molecule has 0 aliphatic heterocycles. The maximum atomic E-state index is 11.0. The number of Topliss-reactive ketones (excluding diaryl/α,β-unsaturated/α-hetero) is 1. The lowest BCUT2D eigenvalue weighted by atomic mass is 10.1. The van der Waals surface area contributed by atoms with Crippen LogP contribution in [0.5, 0.6) is 0 Å². The molecule has 66 valence electrons. The second kappa shape index (κ2) is 2.81. The second-order valence-electron chi connectivity index (χ2n) is 2.67. The molecule has 1 aromatic heterocycles. The molecule has 0 aliphatic rings. The van der Waals surface area contributed by atoms with E-state index in [1.54, 1.807) is 18.2 Å². The van der Waals surface area contributed by atoms with Crippen LogP contribution in [-0.2, 0) is 0 Å². The Morgan fingerprint density at radius 2 is 2.23 bits per heavy atom. The first-order valence-corrected chi connectivity index (χ1v) is 4.53. The lowest BCUT2D eigenvalue weighted by Crippen LogP contribution is -1.89. The summed E-state index contributed by atoms with van der Waals surface area (Å²) in [6.45, 7) is 1.49. The van der Waals surface area contributed by atoms with Gasteiger partial charge in [0.05, 0.1) is 4.70 Å². The maximum Gasteiger partial charge on any atom is 0.396 e. The average molecular weight is 194 g/mol. The highest BCUT2D eigenvalue weighted by molar-refractivity contribution is 7.16. The molecule has 0 bridgehead atoms. The number of fused-ring (bicyclic) bond motifs is 1. The zero-order valence-corrected chi connectivity index (χ0v) is 7.68. The summed E-state index contributed by atoms with van der Waals surface area (Å²) in [5.74, 6) is -0.0113. The number of carbonyl (C=O) groups excluding carboxylic acids is 1. The van der Waals surface area contributed by atoms with Crippen LogP contribution in [0.3, 0.4) is 0 Å². The lowest BCUT2D eigenvalue weighted by molar-refractivity contribution is 0.101. The molecule has 0 unspecified atom stereocenters. The predicted octanol–water partition coefficient (Wildman–Crippen LogP) is 2.06. The Bertz CT molecular complexity index is 521. The van der Waals surface area contributed by atoms with Crippen molar-refractivity contribution in [1.29, 1.82) is 0 Å². The van der Waals surface area contributed by atoms with Gasteiger partial charge in [0.2, 0.25) is 0 Å². The van der Waals surface area contributed by atoms with Crippen LogP contribution in [0.1, 0.15) is 17.3 Å². The van der Waals surface area contributed by atoms with Crippen LogP contribution in [-0.4, -0.2) is 5.78 Å². The molecule has 2 rings (SSSR count). The molecule has 1 heterocycles. The molecule has 2 aromatic rings. The van der Waals surface area contributed by atoms with E-state index in [2.05, 4.69) is 0 Å². The third-order valence-electron chi connectivity index (χ3n) is 1.74.